The minimum Gasteiger partial charge on any atom is -0.466 e. The number of alkyl halides is 6. The van der Waals surface area contributed by atoms with Gasteiger partial charge < -0.3 is 9.73 Å². The largest absolute Gasteiger partial charge is 0.466 e. The fraction of sp³-hybridized carbons (Fsp3) is 0.333. The highest BCUT2D eigenvalue weighted by atomic mass is 31.2. The number of para-hydroxylation sites is 1. The lowest BCUT2D eigenvalue weighted by molar-refractivity contribution is -0.165. The van der Waals surface area contributed by atoms with E-state index in [1.54, 1.807) is 18.2 Å². The first-order valence-corrected chi connectivity index (χ1v) is 8.97. The molecule has 1 heterocycles. The summed E-state index contributed by atoms with van der Waals surface area (Å²) in [7, 11) is -5.02. The molecule has 1 unspecified atom stereocenters. The van der Waals surface area contributed by atoms with Gasteiger partial charge >= 0.3 is 19.9 Å². The van der Waals surface area contributed by atoms with Crippen molar-refractivity contribution in [1.29, 1.82) is 0 Å². The standard InChI is InChI=1S/C15H14F6NO4P/c16-14(17,18)9-25-27(23,26-10-15(19,20)21)13(12-7-4-8-24-12)22-11-5-2-1-3-6-11/h1-8,13,22H,9-10H2. The molecule has 0 saturated heterocycles. The van der Waals surface area contributed by atoms with Crippen molar-refractivity contribution < 1.29 is 44.4 Å². The Morgan fingerprint density at radius 2 is 1.48 bits per heavy atom. The van der Waals surface area contributed by atoms with Gasteiger partial charge in [0, 0.05) is 5.69 Å². The van der Waals surface area contributed by atoms with E-state index in [4.69, 9.17) is 4.42 Å². The summed E-state index contributed by atoms with van der Waals surface area (Å²) in [6, 6.07) is 10.2. The molecule has 0 radical (unpaired) electrons. The van der Waals surface area contributed by atoms with Crippen LogP contribution in [-0.4, -0.2) is 25.6 Å². The molecule has 0 fully saturated rings. The van der Waals surface area contributed by atoms with Gasteiger partial charge in [0.25, 0.3) is 0 Å². The smallest absolute Gasteiger partial charge is 0.412 e. The molecule has 1 atom stereocenters. The number of rotatable bonds is 8. The normalized spacial score (nSPS) is 14.1. The van der Waals surface area contributed by atoms with Crippen LogP contribution in [0.3, 0.4) is 0 Å². The Morgan fingerprint density at radius 1 is 0.926 bits per heavy atom. The molecule has 0 saturated carbocycles. The van der Waals surface area contributed by atoms with Gasteiger partial charge in [-0.2, -0.15) is 26.3 Å². The molecule has 1 N–H and O–H groups in total. The molecule has 5 nitrogen and oxygen atoms in total. The third-order valence-corrected chi connectivity index (χ3v) is 5.02. The first kappa shape index (κ1) is 21.3. The van der Waals surface area contributed by atoms with Crippen LogP contribution in [0, 0.1) is 0 Å². The first-order chi connectivity index (χ1) is 12.5. The molecule has 0 amide bonds. The number of halogens is 6. The predicted molar refractivity (Wildman–Crippen MR) is 83.1 cm³/mol. The summed E-state index contributed by atoms with van der Waals surface area (Å²) in [6.07, 6.45) is -8.75. The lowest BCUT2D eigenvalue weighted by Crippen LogP contribution is -2.24. The maximum atomic E-state index is 12.9. The molecule has 150 valence electrons. The zero-order chi connectivity index (χ0) is 20.1. The SMILES string of the molecule is O=P(OCC(F)(F)F)(OCC(F)(F)F)C(Nc1ccccc1)c1ccco1. The summed E-state index contributed by atoms with van der Waals surface area (Å²) < 4.78 is 102. The van der Waals surface area contributed by atoms with Crippen molar-refractivity contribution in [1.82, 2.24) is 0 Å². The first-order valence-electron chi connectivity index (χ1n) is 7.36. The number of anilines is 1. The van der Waals surface area contributed by atoms with E-state index in [-0.39, 0.29) is 11.4 Å². The van der Waals surface area contributed by atoms with Crippen molar-refractivity contribution in [3.05, 3.63) is 54.5 Å². The molecule has 0 aliphatic rings. The fourth-order valence-corrected chi connectivity index (χ4v) is 3.75. The van der Waals surface area contributed by atoms with E-state index in [1.165, 1.54) is 24.3 Å². The van der Waals surface area contributed by atoms with Gasteiger partial charge in [-0.15, -0.1) is 0 Å². The molecule has 12 heteroatoms. The average molecular weight is 417 g/mol. The average Bonchev–Trinajstić information content (AvgIpc) is 3.10. The molecule has 0 aliphatic carbocycles. The zero-order valence-electron chi connectivity index (χ0n) is 13.5. The van der Waals surface area contributed by atoms with Gasteiger partial charge in [-0.1, -0.05) is 18.2 Å². The molecule has 1 aromatic carbocycles. The fourth-order valence-electron chi connectivity index (χ4n) is 1.96. The second-order valence-electron chi connectivity index (χ2n) is 5.25. The van der Waals surface area contributed by atoms with E-state index < -0.39 is 38.9 Å². The van der Waals surface area contributed by atoms with Crippen LogP contribution >= 0.6 is 7.60 Å². The summed E-state index contributed by atoms with van der Waals surface area (Å²) in [5.74, 6) is -1.95. The van der Waals surface area contributed by atoms with Crippen molar-refractivity contribution in [3.8, 4) is 0 Å². The summed E-state index contributed by atoms with van der Waals surface area (Å²) in [6.45, 7) is -4.12. The molecule has 2 aromatic rings. The van der Waals surface area contributed by atoms with Crippen LogP contribution in [0.1, 0.15) is 11.5 Å². The van der Waals surface area contributed by atoms with Gasteiger partial charge in [-0.3, -0.25) is 13.6 Å². The van der Waals surface area contributed by atoms with E-state index >= 15 is 0 Å². The number of nitrogens with one attached hydrogen (secondary N) is 1. The van der Waals surface area contributed by atoms with Gasteiger partial charge in [0.2, 0.25) is 0 Å². The Morgan fingerprint density at radius 3 is 1.93 bits per heavy atom. The second-order valence-corrected chi connectivity index (χ2v) is 7.36. The van der Waals surface area contributed by atoms with Crippen LogP contribution in [0.4, 0.5) is 32.0 Å². The lowest BCUT2D eigenvalue weighted by Gasteiger charge is -2.27. The van der Waals surface area contributed by atoms with Crippen molar-refractivity contribution in [2.75, 3.05) is 18.5 Å². The van der Waals surface area contributed by atoms with E-state index in [1.807, 2.05) is 0 Å². The van der Waals surface area contributed by atoms with E-state index in [9.17, 15) is 30.9 Å². The number of hydrogen-bond donors (Lipinski definition) is 1. The predicted octanol–water partition coefficient (Wildman–Crippen LogP) is 5.74. The molecule has 2 rings (SSSR count). The van der Waals surface area contributed by atoms with E-state index in [2.05, 4.69) is 14.4 Å². The Kier molecular flexibility index (Phi) is 6.61. The van der Waals surface area contributed by atoms with Gasteiger partial charge in [-0.25, -0.2) is 0 Å². The minimum absolute atomic E-state index is 0.216. The Hall–Kier alpha value is -1.97. The van der Waals surface area contributed by atoms with Crippen LogP contribution in [0.5, 0.6) is 0 Å². The zero-order valence-corrected chi connectivity index (χ0v) is 14.4. The van der Waals surface area contributed by atoms with E-state index in [0.717, 1.165) is 6.26 Å². The third kappa shape index (κ3) is 6.93. The van der Waals surface area contributed by atoms with Crippen molar-refractivity contribution in [3.63, 3.8) is 0 Å². The quantitative estimate of drug-likeness (QED) is 0.438. The number of benzene rings is 1. The third-order valence-electron chi connectivity index (χ3n) is 3.02. The van der Waals surface area contributed by atoms with Crippen LogP contribution in [0.2, 0.25) is 0 Å². The second kappa shape index (κ2) is 8.37. The maximum absolute atomic E-state index is 12.9. The van der Waals surface area contributed by atoms with Gasteiger partial charge in [0.1, 0.15) is 5.76 Å². The topological polar surface area (TPSA) is 60.7 Å². The van der Waals surface area contributed by atoms with Crippen molar-refractivity contribution in [2.45, 2.75) is 18.1 Å². The molecule has 1 aromatic heterocycles. The van der Waals surface area contributed by atoms with E-state index in [0.29, 0.717) is 0 Å². The number of hydrogen-bond acceptors (Lipinski definition) is 5. The number of furan rings is 1. The van der Waals surface area contributed by atoms with Crippen LogP contribution in [-0.2, 0) is 13.6 Å². The highest BCUT2D eigenvalue weighted by molar-refractivity contribution is 7.54. The van der Waals surface area contributed by atoms with Gasteiger partial charge in [-0.05, 0) is 24.3 Å². The highest BCUT2D eigenvalue weighted by Crippen LogP contribution is 2.62. The molecular weight excluding hydrogens is 403 g/mol. The summed E-state index contributed by atoms with van der Waals surface area (Å²) >= 11 is 0. The Labute approximate surface area is 149 Å². The van der Waals surface area contributed by atoms with Crippen molar-refractivity contribution in [2.24, 2.45) is 0 Å². The molecule has 0 aliphatic heterocycles. The van der Waals surface area contributed by atoms with Crippen LogP contribution < -0.4 is 5.32 Å². The summed E-state index contributed by atoms with van der Waals surface area (Å²) in [5.41, 5.74) is 0.255. The molecule has 0 spiro atoms. The highest BCUT2D eigenvalue weighted by Gasteiger charge is 2.45. The maximum Gasteiger partial charge on any atom is 0.412 e. The van der Waals surface area contributed by atoms with Crippen molar-refractivity contribution >= 4 is 13.3 Å². The molecule has 27 heavy (non-hydrogen) atoms. The van der Waals surface area contributed by atoms with Gasteiger partial charge in [0.15, 0.2) is 19.0 Å². The Balaban J connectivity index is 2.37. The van der Waals surface area contributed by atoms with Crippen LogP contribution in [0.15, 0.2) is 53.1 Å². The Bertz CT molecular complexity index is 726. The minimum atomic E-state index is -5.02. The monoisotopic (exact) mass is 417 g/mol. The molecular formula is C15H14F6NO4P. The van der Waals surface area contributed by atoms with Gasteiger partial charge in [0.05, 0.1) is 6.26 Å². The molecule has 0 bridgehead atoms. The lowest BCUT2D eigenvalue weighted by atomic mass is 10.3. The summed E-state index contributed by atoms with van der Waals surface area (Å²) in [5, 5.41) is 2.55. The van der Waals surface area contributed by atoms with Crippen LogP contribution in [0.25, 0.3) is 0 Å². The summed E-state index contributed by atoms with van der Waals surface area (Å²) in [4.78, 5) is 0.